The number of hydrogen-bond acceptors (Lipinski definition) is 3. The number of halogens is 1. The van der Waals surface area contributed by atoms with E-state index in [1.807, 2.05) is 19.1 Å². The number of carbonyl (C=O) groups excluding carboxylic acids is 2. The van der Waals surface area contributed by atoms with Gasteiger partial charge in [-0.15, -0.1) is 0 Å². The number of rotatable bonds is 3. The van der Waals surface area contributed by atoms with Crippen LogP contribution in [0.4, 0.5) is 20.7 Å². The summed E-state index contributed by atoms with van der Waals surface area (Å²) in [4.78, 5) is 30.7. The summed E-state index contributed by atoms with van der Waals surface area (Å²) in [5.41, 5.74) is 1.22. The van der Waals surface area contributed by atoms with Crippen LogP contribution in [0, 0.1) is 18.7 Å². The third-order valence-corrected chi connectivity index (χ3v) is 4.29. The molecule has 1 aliphatic heterocycles. The minimum Gasteiger partial charge on any atom is -0.324 e. The first-order chi connectivity index (χ1) is 12.5. The first-order valence-corrected chi connectivity index (χ1v) is 8.57. The van der Waals surface area contributed by atoms with Crippen LogP contribution in [0.5, 0.6) is 0 Å². The molecule has 1 aromatic heterocycles. The van der Waals surface area contributed by atoms with Crippen LogP contribution in [0.2, 0.25) is 0 Å². The molecular formula is C19H21FN4O2. The molecule has 2 heterocycles. The minimum absolute atomic E-state index is 0.147. The maximum Gasteiger partial charge on any atom is 0.321 e. The number of carbonyl (C=O) groups is 2. The molecule has 0 unspecified atom stereocenters. The van der Waals surface area contributed by atoms with Crippen LogP contribution in [-0.4, -0.2) is 34.9 Å². The number of anilines is 2. The van der Waals surface area contributed by atoms with Crippen molar-refractivity contribution in [3.05, 3.63) is 54.0 Å². The Morgan fingerprint density at radius 1 is 1.19 bits per heavy atom. The van der Waals surface area contributed by atoms with E-state index in [4.69, 9.17) is 0 Å². The molecule has 26 heavy (non-hydrogen) atoms. The van der Waals surface area contributed by atoms with E-state index in [1.165, 1.54) is 18.2 Å². The van der Waals surface area contributed by atoms with Gasteiger partial charge in [0.05, 0.1) is 5.92 Å². The van der Waals surface area contributed by atoms with Crippen LogP contribution in [-0.2, 0) is 4.79 Å². The normalized spacial score (nSPS) is 16.8. The highest BCUT2D eigenvalue weighted by molar-refractivity contribution is 5.93. The number of piperidine rings is 1. The highest BCUT2D eigenvalue weighted by Gasteiger charge is 2.28. The van der Waals surface area contributed by atoms with Gasteiger partial charge in [0.2, 0.25) is 5.91 Å². The first kappa shape index (κ1) is 17.8. The van der Waals surface area contributed by atoms with E-state index in [0.717, 1.165) is 12.1 Å². The van der Waals surface area contributed by atoms with Crippen molar-refractivity contribution in [2.24, 2.45) is 5.92 Å². The third kappa shape index (κ3) is 4.56. The van der Waals surface area contributed by atoms with E-state index in [1.54, 1.807) is 17.0 Å². The standard InChI is InChI=1S/C19H21FN4O2/c1-13-5-2-9-17(21-13)23-18(25)14-6-4-10-24(12-14)19(26)22-16-8-3-7-15(20)11-16/h2-3,5,7-9,11,14H,4,6,10,12H2,1H3,(H,22,26)(H,21,23,25)/t14-/m0/s1. The summed E-state index contributed by atoms with van der Waals surface area (Å²) in [5, 5.41) is 5.48. The summed E-state index contributed by atoms with van der Waals surface area (Å²) in [5.74, 6) is -0.351. The van der Waals surface area contributed by atoms with Crippen LogP contribution in [0.25, 0.3) is 0 Å². The van der Waals surface area contributed by atoms with Crippen LogP contribution in [0.1, 0.15) is 18.5 Å². The average Bonchev–Trinajstić information content (AvgIpc) is 2.62. The Kier molecular flexibility index (Phi) is 5.46. The third-order valence-electron chi connectivity index (χ3n) is 4.29. The second-order valence-electron chi connectivity index (χ2n) is 6.38. The monoisotopic (exact) mass is 356 g/mol. The van der Waals surface area contributed by atoms with Crippen molar-refractivity contribution in [2.75, 3.05) is 23.7 Å². The molecule has 136 valence electrons. The zero-order chi connectivity index (χ0) is 18.5. The van der Waals surface area contributed by atoms with Gasteiger partial charge >= 0.3 is 6.03 Å². The van der Waals surface area contributed by atoms with E-state index in [-0.39, 0.29) is 17.9 Å². The van der Waals surface area contributed by atoms with Crippen molar-refractivity contribution in [3.8, 4) is 0 Å². The van der Waals surface area contributed by atoms with Gasteiger partial charge in [0, 0.05) is 24.5 Å². The zero-order valence-corrected chi connectivity index (χ0v) is 14.5. The number of nitrogens with one attached hydrogen (secondary N) is 2. The van der Waals surface area contributed by atoms with Crippen LogP contribution in [0.15, 0.2) is 42.5 Å². The molecule has 2 N–H and O–H groups in total. The first-order valence-electron chi connectivity index (χ1n) is 8.57. The molecule has 0 aliphatic carbocycles. The molecule has 1 aliphatic rings. The van der Waals surface area contributed by atoms with Gasteiger partial charge in [-0.05, 0) is 50.1 Å². The fraction of sp³-hybridized carbons (Fsp3) is 0.316. The molecule has 7 heteroatoms. The van der Waals surface area contributed by atoms with Gasteiger partial charge < -0.3 is 15.5 Å². The Morgan fingerprint density at radius 3 is 2.77 bits per heavy atom. The van der Waals surface area contributed by atoms with Gasteiger partial charge in [0.25, 0.3) is 0 Å². The van der Waals surface area contributed by atoms with Gasteiger partial charge in [-0.3, -0.25) is 4.79 Å². The van der Waals surface area contributed by atoms with Crippen molar-refractivity contribution in [1.82, 2.24) is 9.88 Å². The molecular weight excluding hydrogens is 335 g/mol. The lowest BCUT2D eigenvalue weighted by Gasteiger charge is -2.32. The van der Waals surface area contributed by atoms with E-state index in [2.05, 4.69) is 15.6 Å². The van der Waals surface area contributed by atoms with Crippen LogP contribution < -0.4 is 10.6 Å². The van der Waals surface area contributed by atoms with Gasteiger partial charge in [-0.25, -0.2) is 14.2 Å². The fourth-order valence-corrected chi connectivity index (χ4v) is 2.99. The maximum atomic E-state index is 13.2. The van der Waals surface area contributed by atoms with Crippen molar-refractivity contribution >= 4 is 23.4 Å². The number of aryl methyl sites for hydroxylation is 1. The molecule has 1 saturated heterocycles. The highest BCUT2D eigenvalue weighted by Crippen LogP contribution is 2.20. The maximum absolute atomic E-state index is 13.2. The fourth-order valence-electron chi connectivity index (χ4n) is 2.99. The molecule has 0 radical (unpaired) electrons. The summed E-state index contributed by atoms with van der Waals surface area (Å²) in [6.07, 6.45) is 1.44. The Balaban J connectivity index is 1.59. The topological polar surface area (TPSA) is 74.3 Å². The Bertz CT molecular complexity index is 746. The Labute approximate surface area is 151 Å². The minimum atomic E-state index is -0.413. The van der Waals surface area contributed by atoms with E-state index < -0.39 is 5.82 Å². The second-order valence-corrected chi connectivity index (χ2v) is 6.38. The number of likely N-dealkylation sites (tertiary alicyclic amines) is 1. The lowest BCUT2D eigenvalue weighted by atomic mass is 9.97. The van der Waals surface area contributed by atoms with Gasteiger partial charge in [0.1, 0.15) is 11.6 Å². The molecule has 2 aromatic rings. The molecule has 0 spiro atoms. The summed E-state index contributed by atoms with van der Waals surface area (Å²) in [7, 11) is 0. The SMILES string of the molecule is Cc1cccc(NC(=O)[C@H]2CCCN(C(=O)Nc3cccc(F)c3)C2)n1. The summed E-state index contributed by atoms with van der Waals surface area (Å²) >= 11 is 0. The van der Waals surface area contributed by atoms with Gasteiger partial charge in [-0.1, -0.05) is 12.1 Å². The van der Waals surface area contributed by atoms with Crippen LogP contribution in [0.3, 0.4) is 0 Å². The number of nitrogens with zero attached hydrogens (tertiary/aromatic N) is 2. The highest BCUT2D eigenvalue weighted by atomic mass is 19.1. The molecule has 1 aromatic carbocycles. The lowest BCUT2D eigenvalue weighted by Crippen LogP contribution is -2.45. The summed E-state index contributed by atoms with van der Waals surface area (Å²) in [6.45, 7) is 2.74. The van der Waals surface area contributed by atoms with Gasteiger partial charge in [-0.2, -0.15) is 0 Å². The van der Waals surface area contributed by atoms with Crippen molar-refractivity contribution in [3.63, 3.8) is 0 Å². The van der Waals surface area contributed by atoms with E-state index >= 15 is 0 Å². The number of pyridine rings is 1. The Hall–Kier alpha value is -2.96. The molecule has 6 nitrogen and oxygen atoms in total. The number of amides is 3. The smallest absolute Gasteiger partial charge is 0.321 e. The molecule has 3 amide bonds. The molecule has 0 bridgehead atoms. The van der Waals surface area contributed by atoms with Crippen molar-refractivity contribution in [2.45, 2.75) is 19.8 Å². The number of aromatic nitrogens is 1. The van der Waals surface area contributed by atoms with E-state index in [9.17, 15) is 14.0 Å². The molecule has 3 rings (SSSR count). The summed E-state index contributed by atoms with van der Waals surface area (Å²) in [6, 6.07) is 10.8. The zero-order valence-electron chi connectivity index (χ0n) is 14.5. The number of urea groups is 1. The quantitative estimate of drug-likeness (QED) is 0.885. The predicted octanol–water partition coefficient (Wildman–Crippen LogP) is 3.41. The average molecular weight is 356 g/mol. The van der Waals surface area contributed by atoms with E-state index in [0.29, 0.717) is 31.0 Å². The Morgan fingerprint density at radius 2 is 2.00 bits per heavy atom. The summed E-state index contributed by atoms with van der Waals surface area (Å²) < 4.78 is 13.2. The lowest BCUT2D eigenvalue weighted by molar-refractivity contribution is -0.121. The van der Waals surface area contributed by atoms with Crippen LogP contribution >= 0.6 is 0 Å². The number of hydrogen-bond donors (Lipinski definition) is 2. The van der Waals surface area contributed by atoms with Crippen molar-refractivity contribution in [1.29, 1.82) is 0 Å². The van der Waals surface area contributed by atoms with Gasteiger partial charge in [0.15, 0.2) is 0 Å². The molecule has 1 atom stereocenters. The molecule has 0 saturated carbocycles. The largest absolute Gasteiger partial charge is 0.324 e. The van der Waals surface area contributed by atoms with Crippen molar-refractivity contribution < 1.29 is 14.0 Å². The number of benzene rings is 1. The predicted molar refractivity (Wildman–Crippen MR) is 97.3 cm³/mol. The molecule has 1 fully saturated rings. The second kappa shape index (κ2) is 7.95.